The van der Waals surface area contributed by atoms with E-state index in [0.29, 0.717) is 30.2 Å². The van der Waals surface area contributed by atoms with Gasteiger partial charge in [-0.05, 0) is 6.07 Å². The van der Waals surface area contributed by atoms with Crippen LogP contribution in [0.5, 0.6) is 0 Å². The maximum atomic E-state index is 11.7. The zero-order chi connectivity index (χ0) is 23.2. The molecule has 0 aliphatic carbocycles. The molecule has 0 unspecified atom stereocenters. The molecule has 166 valence electrons. The van der Waals surface area contributed by atoms with Crippen molar-refractivity contribution in [2.45, 2.75) is 0 Å². The fourth-order valence-electron chi connectivity index (χ4n) is 2.96. The number of nitrogens with zero attached hydrogens (tertiary/aromatic N) is 5. The van der Waals surface area contributed by atoms with Gasteiger partial charge >= 0.3 is 5.97 Å². The highest BCUT2D eigenvalue weighted by molar-refractivity contribution is 5.94. The van der Waals surface area contributed by atoms with Crippen LogP contribution >= 0.6 is 0 Å². The average Bonchev–Trinajstić information content (AvgIpc) is 3.37. The number of nitro groups is 1. The summed E-state index contributed by atoms with van der Waals surface area (Å²) in [5.41, 5.74) is 1.56. The number of anilines is 2. The molecule has 0 atom stereocenters. The summed E-state index contributed by atoms with van der Waals surface area (Å²) in [6, 6.07) is 9.94. The van der Waals surface area contributed by atoms with E-state index in [2.05, 4.69) is 30.6 Å². The van der Waals surface area contributed by atoms with Gasteiger partial charge in [0.15, 0.2) is 12.2 Å². The number of benzene rings is 1. The standard InChI is InChI=1S/C21H17N7O5/c29-20(30)16-10-26-21(24-8-7-23-18-6-5-15(9-25-18)28(31)32)27-19(16)14-3-1-13(2-4-14)17-11-22-12-33-17/h1-6,9-12H,7-8H2,(H,23,25)(H,29,30)(H,24,26,27). The number of carboxylic acid groups (broad SMARTS) is 1. The number of oxazole rings is 1. The molecule has 0 saturated heterocycles. The van der Waals surface area contributed by atoms with Gasteiger partial charge < -0.3 is 20.2 Å². The van der Waals surface area contributed by atoms with Crippen LogP contribution in [0.4, 0.5) is 17.5 Å². The van der Waals surface area contributed by atoms with Gasteiger partial charge in [0.1, 0.15) is 17.6 Å². The van der Waals surface area contributed by atoms with E-state index in [4.69, 9.17) is 4.42 Å². The molecule has 3 aromatic heterocycles. The molecule has 3 N–H and O–H groups in total. The molecule has 3 heterocycles. The van der Waals surface area contributed by atoms with E-state index in [1.807, 2.05) is 0 Å². The third-order valence-corrected chi connectivity index (χ3v) is 4.57. The van der Waals surface area contributed by atoms with Crippen molar-refractivity contribution >= 4 is 23.4 Å². The molecular weight excluding hydrogens is 430 g/mol. The normalized spacial score (nSPS) is 10.5. The molecule has 33 heavy (non-hydrogen) atoms. The molecule has 0 bridgehead atoms. The number of rotatable bonds is 9. The average molecular weight is 447 g/mol. The van der Waals surface area contributed by atoms with E-state index in [1.165, 1.54) is 30.9 Å². The molecule has 12 nitrogen and oxygen atoms in total. The Morgan fingerprint density at radius 1 is 1.00 bits per heavy atom. The lowest BCUT2D eigenvalue weighted by molar-refractivity contribution is -0.385. The Morgan fingerprint density at radius 3 is 2.39 bits per heavy atom. The van der Waals surface area contributed by atoms with Crippen molar-refractivity contribution in [3.8, 4) is 22.6 Å². The minimum atomic E-state index is -1.14. The lowest BCUT2D eigenvalue weighted by atomic mass is 10.0. The Balaban J connectivity index is 1.43. The molecule has 0 aliphatic heterocycles. The fraction of sp³-hybridized carbons (Fsp3) is 0.0952. The third kappa shape index (κ3) is 5.07. The molecule has 0 fully saturated rings. The highest BCUT2D eigenvalue weighted by Gasteiger charge is 2.16. The summed E-state index contributed by atoms with van der Waals surface area (Å²) < 4.78 is 5.27. The quantitative estimate of drug-likeness (QED) is 0.195. The number of hydrogen-bond acceptors (Lipinski definition) is 10. The topological polar surface area (TPSA) is 169 Å². The van der Waals surface area contributed by atoms with Crippen LogP contribution in [-0.4, -0.2) is 49.0 Å². The van der Waals surface area contributed by atoms with Crippen LogP contribution in [-0.2, 0) is 0 Å². The number of carbonyl (C=O) groups is 1. The molecule has 4 rings (SSSR count). The van der Waals surface area contributed by atoms with Crippen molar-refractivity contribution in [2.24, 2.45) is 0 Å². The van der Waals surface area contributed by atoms with Crippen molar-refractivity contribution in [1.29, 1.82) is 0 Å². The van der Waals surface area contributed by atoms with Gasteiger partial charge in [0, 0.05) is 36.5 Å². The monoisotopic (exact) mass is 447 g/mol. The van der Waals surface area contributed by atoms with Crippen molar-refractivity contribution in [3.63, 3.8) is 0 Å². The zero-order valence-electron chi connectivity index (χ0n) is 17.0. The van der Waals surface area contributed by atoms with Crippen LogP contribution in [0.1, 0.15) is 10.4 Å². The zero-order valence-corrected chi connectivity index (χ0v) is 17.0. The first kappa shape index (κ1) is 21.4. The van der Waals surface area contributed by atoms with Crippen LogP contribution < -0.4 is 10.6 Å². The Bertz CT molecular complexity index is 1260. The van der Waals surface area contributed by atoms with Gasteiger partial charge in [-0.1, -0.05) is 24.3 Å². The lowest BCUT2D eigenvalue weighted by Gasteiger charge is -2.10. The second kappa shape index (κ2) is 9.51. The SMILES string of the molecule is O=C(O)c1cnc(NCCNc2ccc([N+](=O)[O-])cn2)nc1-c1ccc(-c2cnco2)cc1. The van der Waals surface area contributed by atoms with Gasteiger partial charge in [0.05, 0.1) is 16.8 Å². The number of aromatic nitrogens is 4. The summed E-state index contributed by atoms with van der Waals surface area (Å²) >= 11 is 0. The molecule has 12 heteroatoms. The van der Waals surface area contributed by atoms with E-state index >= 15 is 0 Å². The summed E-state index contributed by atoms with van der Waals surface area (Å²) in [6.45, 7) is 0.824. The summed E-state index contributed by atoms with van der Waals surface area (Å²) in [5.74, 6) is 0.201. The minimum Gasteiger partial charge on any atom is -0.478 e. The molecule has 0 radical (unpaired) electrons. The predicted octanol–water partition coefficient (Wildman–Crippen LogP) is 3.32. The predicted molar refractivity (Wildman–Crippen MR) is 118 cm³/mol. The summed E-state index contributed by atoms with van der Waals surface area (Å²) in [6.07, 6.45) is 5.34. The largest absolute Gasteiger partial charge is 0.478 e. The molecular formula is C21H17N7O5. The van der Waals surface area contributed by atoms with Crippen LogP contribution in [0, 0.1) is 10.1 Å². The fourth-order valence-corrected chi connectivity index (χ4v) is 2.96. The summed E-state index contributed by atoms with van der Waals surface area (Å²) in [4.78, 5) is 38.1. The first-order valence-corrected chi connectivity index (χ1v) is 9.69. The van der Waals surface area contributed by atoms with E-state index in [9.17, 15) is 20.0 Å². The molecule has 4 aromatic rings. The van der Waals surface area contributed by atoms with Gasteiger partial charge in [-0.3, -0.25) is 10.1 Å². The number of aromatic carboxylic acids is 1. The highest BCUT2D eigenvalue weighted by Crippen LogP contribution is 2.26. The first-order chi connectivity index (χ1) is 16.0. The second-order valence-corrected chi connectivity index (χ2v) is 6.72. The number of hydrogen-bond donors (Lipinski definition) is 3. The Morgan fingerprint density at radius 2 is 1.76 bits per heavy atom. The van der Waals surface area contributed by atoms with Crippen LogP contribution in [0.25, 0.3) is 22.6 Å². The van der Waals surface area contributed by atoms with E-state index < -0.39 is 10.9 Å². The van der Waals surface area contributed by atoms with Gasteiger partial charge in [0.25, 0.3) is 5.69 Å². The molecule has 0 spiro atoms. The first-order valence-electron chi connectivity index (χ1n) is 9.69. The Labute approximate surface area is 186 Å². The summed E-state index contributed by atoms with van der Waals surface area (Å²) in [5, 5.41) is 26.2. The van der Waals surface area contributed by atoms with Crippen molar-refractivity contribution in [1.82, 2.24) is 19.9 Å². The van der Waals surface area contributed by atoms with E-state index in [0.717, 1.165) is 5.56 Å². The van der Waals surface area contributed by atoms with E-state index in [1.54, 1.807) is 30.5 Å². The van der Waals surface area contributed by atoms with Crippen LogP contribution in [0.2, 0.25) is 0 Å². The van der Waals surface area contributed by atoms with Gasteiger partial charge in [0.2, 0.25) is 5.95 Å². The molecule has 0 amide bonds. The van der Waals surface area contributed by atoms with Gasteiger partial charge in [-0.15, -0.1) is 0 Å². The molecule has 0 aliphatic rings. The smallest absolute Gasteiger partial charge is 0.339 e. The number of nitrogens with one attached hydrogen (secondary N) is 2. The maximum absolute atomic E-state index is 11.7. The Kier molecular flexibility index (Phi) is 6.16. The summed E-state index contributed by atoms with van der Waals surface area (Å²) in [7, 11) is 0. The second-order valence-electron chi connectivity index (χ2n) is 6.72. The van der Waals surface area contributed by atoms with Gasteiger partial charge in [-0.2, -0.15) is 0 Å². The van der Waals surface area contributed by atoms with Crippen molar-refractivity contribution in [3.05, 3.63) is 77.1 Å². The van der Waals surface area contributed by atoms with Gasteiger partial charge in [-0.25, -0.2) is 24.7 Å². The third-order valence-electron chi connectivity index (χ3n) is 4.57. The Hall–Kier alpha value is -4.87. The number of pyridine rings is 1. The van der Waals surface area contributed by atoms with Crippen LogP contribution in [0.3, 0.4) is 0 Å². The molecule has 0 saturated carbocycles. The van der Waals surface area contributed by atoms with Crippen molar-refractivity contribution < 1.29 is 19.2 Å². The van der Waals surface area contributed by atoms with Crippen molar-refractivity contribution in [2.75, 3.05) is 23.7 Å². The number of carboxylic acids is 1. The highest BCUT2D eigenvalue weighted by atomic mass is 16.6. The van der Waals surface area contributed by atoms with Crippen LogP contribution in [0.15, 0.2) is 65.8 Å². The maximum Gasteiger partial charge on any atom is 0.339 e. The molecule has 1 aromatic carbocycles. The minimum absolute atomic E-state index is 0.0267. The van der Waals surface area contributed by atoms with E-state index in [-0.39, 0.29) is 22.9 Å². The lowest BCUT2D eigenvalue weighted by Crippen LogP contribution is -2.16.